The summed E-state index contributed by atoms with van der Waals surface area (Å²) in [6.45, 7) is 0. The van der Waals surface area contributed by atoms with Crippen molar-refractivity contribution < 1.29 is 54.1 Å². The summed E-state index contributed by atoms with van der Waals surface area (Å²) in [5.74, 6) is -23.5. The molecular weight excluding hydrogens is 504 g/mol. The zero-order valence-electron chi connectivity index (χ0n) is 17.3. The Hall–Kier alpha value is -4.48. The second-order valence-electron chi connectivity index (χ2n) is 7.19. The van der Waals surface area contributed by atoms with E-state index in [2.05, 4.69) is 0 Å². The largest absolute Gasteiger partial charge is 0.451 e. The number of rotatable bonds is 0. The molecule has 4 aromatic rings. The summed E-state index contributed by atoms with van der Waals surface area (Å²) < 4.78 is 136. The molecule has 1 aliphatic heterocycles. The second-order valence-corrected chi connectivity index (χ2v) is 7.19. The Bertz CT molecular complexity index is 1330. The minimum Gasteiger partial charge on any atom is -0.451 e. The van der Waals surface area contributed by atoms with Crippen LogP contribution >= 0.6 is 0 Å². The van der Waals surface area contributed by atoms with Crippen LogP contribution in [-0.4, -0.2) is 0 Å². The first-order chi connectivity index (χ1) is 17.2. The fourth-order valence-corrected chi connectivity index (χ4v) is 3.22. The van der Waals surface area contributed by atoms with Gasteiger partial charge in [0.2, 0.25) is 69.5 Å². The van der Waals surface area contributed by atoms with Crippen molar-refractivity contribution in [3.8, 4) is 46.0 Å². The van der Waals surface area contributed by atoms with Crippen molar-refractivity contribution in [3.05, 3.63) is 95.1 Å². The van der Waals surface area contributed by atoms with Gasteiger partial charge in [0, 0.05) is 12.1 Å². The van der Waals surface area contributed by atoms with E-state index in [0.29, 0.717) is 0 Å². The number of ether oxygens (including phenoxy) is 4. The molecule has 0 aromatic heterocycles. The lowest BCUT2D eigenvalue weighted by atomic mass is 10.2. The maximum Gasteiger partial charge on any atom is 0.214 e. The van der Waals surface area contributed by atoms with E-state index in [1.165, 1.54) is 0 Å². The molecule has 0 atom stereocenters. The smallest absolute Gasteiger partial charge is 0.214 e. The van der Waals surface area contributed by atoms with Crippen LogP contribution in [0.15, 0.2) is 48.5 Å². The molecule has 0 saturated heterocycles. The zero-order valence-corrected chi connectivity index (χ0v) is 17.3. The molecule has 0 unspecified atom stereocenters. The van der Waals surface area contributed by atoms with Gasteiger partial charge in [-0.15, -0.1) is 0 Å². The van der Waals surface area contributed by atoms with Crippen LogP contribution in [0, 0.1) is 46.5 Å². The number of hydrogen-bond donors (Lipinski definition) is 0. The standard InChI is InChI=1S/C24H8F8O4/c25-13-15(27)21-19(31)23(17(13)29)35-11-5-2-6-12(8-11)36-24-18(30)14(26)16(28)22(20(24)32)34-10-4-1-3-9(7-10)33-21/h1-8H. The number of hydrogen-bond acceptors (Lipinski definition) is 4. The van der Waals surface area contributed by atoms with E-state index in [0.717, 1.165) is 48.5 Å². The molecule has 1 heterocycles. The molecule has 0 radical (unpaired) electrons. The Morgan fingerprint density at radius 1 is 0.333 bits per heavy atom. The van der Waals surface area contributed by atoms with Crippen molar-refractivity contribution in [3.63, 3.8) is 0 Å². The fourth-order valence-electron chi connectivity index (χ4n) is 3.22. The molecule has 8 bridgehead atoms. The Balaban J connectivity index is 1.77. The normalized spacial score (nSPS) is 12.2. The topological polar surface area (TPSA) is 36.9 Å². The monoisotopic (exact) mass is 512 g/mol. The van der Waals surface area contributed by atoms with Crippen molar-refractivity contribution in [2.45, 2.75) is 0 Å². The van der Waals surface area contributed by atoms with Crippen LogP contribution in [0.5, 0.6) is 46.0 Å². The van der Waals surface area contributed by atoms with E-state index in [1.54, 1.807) is 0 Å². The summed E-state index contributed by atoms with van der Waals surface area (Å²) in [6, 6.07) is 8.21. The Kier molecular flexibility index (Phi) is 5.58. The van der Waals surface area contributed by atoms with Gasteiger partial charge in [-0.25, -0.2) is 8.78 Å². The molecule has 0 amide bonds. The lowest BCUT2D eigenvalue weighted by Gasteiger charge is -2.17. The van der Waals surface area contributed by atoms with Crippen LogP contribution in [-0.2, 0) is 0 Å². The third-order valence-corrected chi connectivity index (χ3v) is 4.86. The fraction of sp³-hybridized carbons (Fsp3) is 0. The lowest BCUT2D eigenvalue weighted by molar-refractivity contribution is 0.321. The van der Waals surface area contributed by atoms with E-state index in [-0.39, 0.29) is 0 Å². The van der Waals surface area contributed by atoms with Crippen LogP contribution < -0.4 is 18.9 Å². The van der Waals surface area contributed by atoms with E-state index >= 15 is 8.78 Å². The number of halogens is 8. The van der Waals surface area contributed by atoms with Crippen molar-refractivity contribution in [2.75, 3.05) is 0 Å². The SMILES string of the molecule is Fc1c(F)c2c(F)c(c1F)Oc1cccc(c1)Oc1c(F)c(F)c(F)c(c1F)Oc1cccc(c1)O2. The highest BCUT2D eigenvalue weighted by Crippen LogP contribution is 2.43. The molecule has 0 N–H and O–H groups in total. The van der Waals surface area contributed by atoms with Gasteiger partial charge in [0.15, 0.2) is 0 Å². The average molecular weight is 512 g/mol. The highest BCUT2D eigenvalue weighted by molar-refractivity contribution is 5.49. The van der Waals surface area contributed by atoms with Gasteiger partial charge in [-0.2, -0.15) is 26.3 Å². The third kappa shape index (κ3) is 3.80. The quantitative estimate of drug-likeness (QED) is 0.119. The highest BCUT2D eigenvalue weighted by atomic mass is 19.2. The summed E-state index contributed by atoms with van der Waals surface area (Å²) in [5, 5.41) is 0. The van der Waals surface area contributed by atoms with E-state index in [1.807, 2.05) is 0 Å². The second kappa shape index (κ2) is 8.63. The predicted octanol–water partition coefficient (Wildman–Crippen LogP) is 8.28. The van der Waals surface area contributed by atoms with Gasteiger partial charge in [0.1, 0.15) is 23.0 Å². The maximum atomic E-state index is 15.0. The van der Waals surface area contributed by atoms with Gasteiger partial charge < -0.3 is 18.9 Å². The van der Waals surface area contributed by atoms with Crippen LogP contribution in [0.4, 0.5) is 35.1 Å². The predicted molar refractivity (Wildman–Crippen MR) is 106 cm³/mol. The molecule has 4 nitrogen and oxygen atoms in total. The van der Waals surface area contributed by atoms with Crippen molar-refractivity contribution in [1.29, 1.82) is 0 Å². The summed E-state index contributed by atoms with van der Waals surface area (Å²) in [6.07, 6.45) is 0. The van der Waals surface area contributed by atoms with Crippen molar-refractivity contribution >= 4 is 0 Å². The summed E-state index contributed by atoms with van der Waals surface area (Å²) >= 11 is 0. The summed E-state index contributed by atoms with van der Waals surface area (Å²) in [7, 11) is 0. The molecule has 12 heteroatoms. The van der Waals surface area contributed by atoms with Crippen LogP contribution in [0.1, 0.15) is 0 Å². The Morgan fingerprint density at radius 3 is 0.833 bits per heavy atom. The van der Waals surface area contributed by atoms with Crippen LogP contribution in [0.3, 0.4) is 0 Å². The molecule has 0 saturated carbocycles. The average Bonchev–Trinajstić information content (AvgIpc) is 2.87. The molecule has 1 aliphatic rings. The van der Waals surface area contributed by atoms with Gasteiger partial charge in [-0.1, -0.05) is 12.1 Å². The summed E-state index contributed by atoms with van der Waals surface area (Å²) in [5.41, 5.74) is 0. The molecule has 5 rings (SSSR count). The van der Waals surface area contributed by atoms with Gasteiger partial charge in [0.25, 0.3) is 0 Å². The van der Waals surface area contributed by atoms with E-state index in [4.69, 9.17) is 18.9 Å². The third-order valence-electron chi connectivity index (χ3n) is 4.86. The first kappa shape index (κ1) is 23.3. The lowest BCUT2D eigenvalue weighted by Crippen LogP contribution is -2.05. The zero-order chi connectivity index (χ0) is 25.7. The number of fused-ring (bicyclic) bond motifs is 8. The van der Waals surface area contributed by atoms with E-state index < -0.39 is 92.5 Å². The molecule has 36 heavy (non-hydrogen) atoms. The maximum absolute atomic E-state index is 15.0. The molecule has 0 aliphatic carbocycles. The molecule has 0 spiro atoms. The Morgan fingerprint density at radius 2 is 0.583 bits per heavy atom. The van der Waals surface area contributed by atoms with Crippen LogP contribution in [0.25, 0.3) is 0 Å². The van der Waals surface area contributed by atoms with Gasteiger partial charge >= 0.3 is 0 Å². The number of benzene rings is 4. The first-order valence-electron chi connectivity index (χ1n) is 9.79. The minimum atomic E-state index is -2.13. The molecule has 0 fully saturated rings. The van der Waals surface area contributed by atoms with Crippen LogP contribution in [0.2, 0.25) is 0 Å². The van der Waals surface area contributed by atoms with Gasteiger partial charge in [0.05, 0.1) is 0 Å². The molecular formula is C24H8F8O4. The minimum absolute atomic E-state index is 0.476. The molecule has 4 aromatic carbocycles. The van der Waals surface area contributed by atoms with Crippen molar-refractivity contribution in [2.24, 2.45) is 0 Å². The van der Waals surface area contributed by atoms with Gasteiger partial charge in [-0.05, 0) is 24.3 Å². The van der Waals surface area contributed by atoms with E-state index in [9.17, 15) is 26.3 Å². The highest BCUT2D eigenvalue weighted by Gasteiger charge is 2.31. The van der Waals surface area contributed by atoms with Crippen molar-refractivity contribution in [1.82, 2.24) is 0 Å². The first-order valence-corrected chi connectivity index (χ1v) is 9.79. The Labute approximate surface area is 195 Å². The molecule has 184 valence electrons. The summed E-state index contributed by atoms with van der Waals surface area (Å²) in [4.78, 5) is 0. The van der Waals surface area contributed by atoms with Gasteiger partial charge in [-0.3, -0.25) is 0 Å².